The zero-order chi connectivity index (χ0) is 12.3. The molecule has 0 heterocycles. The fourth-order valence-corrected chi connectivity index (χ4v) is 3.10. The molecule has 1 N–H and O–H groups in total. The van der Waals surface area contributed by atoms with Gasteiger partial charge in [0.25, 0.3) is 0 Å². The van der Waals surface area contributed by atoms with Crippen molar-refractivity contribution < 1.29 is 0 Å². The Morgan fingerprint density at radius 1 is 1.47 bits per heavy atom. The van der Waals surface area contributed by atoms with Crippen molar-refractivity contribution in [3.8, 4) is 6.07 Å². The van der Waals surface area contributed by atoms with E-state index < -0.39 is 0 Å². The minimum atomic E-state index is 0.400. The quantitative estimate of drug-likeness (QED) is 0.882. The molecule has 2 rings (SSSR count). The van der Waals surface area contributed by atoms with Gasteiger partial charge in [-0.05, 0) is 43.7 Å². The van der Waals surface area contributed by atoms with E-state index in [0.29, 0.717) is 4.75 Å². The lowest BCUT2D eigenvalue weighted by molar-refractivity contribution is 0.380. The van der Waals surface area contributed by atoms with Crippen LogP contribution in [0.25, 0.3) is 0 Å². The molecule has 0 atom stereocenters. The first-order valence-electron chi connectivity index (χ1n) is 5.99. The lowest BCUT2D eigenvalue weighted by Gasteiger charge is -2.40. The number of nitrogens with zero attached hydrogens (tertiary/aromatic N) is 1. The normalized spacial score (nSPS) is 17.0. The van der Waals surface area contributed by atoms with Crippen LogP contribution < -0.4 is 5.32 Å². The van der Waals surface area contributed by atoms with E-state index in [1.54, 1.807) is 0 Å². The van der Waals surface area contributed by atoms with E-state index in [0.717, 1.165) is 23.4 Å². The summed E-state index contributed by atoms with van der Waals surface area (Å²) in [6.45, 7) is 2.98. The third-order valence-corrected chi connectivity index (χ3v) is 5.01. The molecule has 2 nitrogen and oxygen atoms in total. The van der Waals surface area contributed by atoms with Crippen LogP contribution in [-0.2, 0) is 0 Å². The van der Waals surface area contributed by atoms with E-state index in [1.807, 2.05) is 30.8 Å². The molecule has 0 saturated heterocycles. The molecule has 3 heteroatoms. The maximum Gasteiger partial charge on any atom is 0.101 e. The van der Waals surface area contributed by atoms with E-state index in [2.05, 4.69) is 23.7 Å². The van der Waals surface area contributed by atoms with E-state index in [-0.39, 0.29) is 0 Å². The van der Waals surface area contributed by atoms with Crippen LogP contribution in [0.5, 0.6) is 0 Å². The molecule has 0 bridgehead atoms. The molecule has 1 fully saturated rings. The molecule has 1 aliphatic rings. The van der Waals surface area contributed by atoms with Gasteiger partial charge in [-0.1, -0.05) is 12.5 Å². The first kappa shape index (κ1) is 12.3. The predicted octanol–water partition coefficient (Wildman–Crippen LogP) is 3.56. The largest absolute Gasteiger partial charge is 0.383 e. The summed E-state index contributed by atoms with van der Waals surface area (Å²) in [5.74, 6) is 0. The van der Waals surface area contributed by atoms with Gasteiger partial charge in [-0.3, -0.25) is 0 Å². The Bertz CT molecular complexity index is 439. The topological polar surface area (TPSA) is 35.8 Å². The first-order chi connectivity index (χ1) is 8.19. The molecule has 1 aromatic carbocycles. The van der Waals surface area contributed by atoms with Crippen LogP contribution in [0.3, 0.4) is 0 Å². The number of aryl methyl sites for hydroxylation is 1. The molecule has 1 saturated carbocycles. The molecule has 0 radical (unpaired) electrons. The second kappa shape index (κ2) is 5.01. The van der Waals surface area contributed by atoms with Gasteiger partial charge in [0.1, 0.15) is 6.07 Å². The minimum Gasteiger partial charge on any atom is -0.383 e. The zero-order valence-electron chi connectivity index (χ0n) is 10.4. The average molecular weight is 246 g/mol. The highest BCUT2D eigenvalue weighted by atomic mass is 32.2. The van der Waals surface area contributed by atoms with Crippen molar-refractivity contribution in [3.05, 3.63) is 29.3 Å². The van der Waals surface area contributed by atoms with Crippen LogP contribution in [0.2, 0.25) is 0 Å². The number of hydrogen-bond donors (Lipinski definition) is 1. The summed E-state index contributed by atoms with van der Waals surface area (Å²) in [5.41, 5.74) is 2.86. The van der Waals surface area contributed by atoms with Gasteiger partial charge in [0.05, 0.1) is 11.3 Å². The van der Waals surface area contributed by atoms with Gasteiger partial charge in [0, 0.05) is 11.3 Å². The molecule has 17 heavy (non-hydrogen) atoms. The summed E-state index contributed by atoms with van der Waals surface area (Å²) < 4.78 is 0.400. The van der Waals surface area contributed by atoms with Crippen molar-refractivity contribution in [3.63, 3.8) is 0 Å². The Morgan fingerprint density at radius 2 is 2.24 bits per heavy atom. The Morgan fingerprint density at radius 3 is 2.76 bits per heavy atom. The number of anilines is 1. The number of hydrogen-bond acceptors (Lipinski definition) is 3. The second-order valence-electron chi connectivity index (χ2n) is 4.76. The van der Waals surface area contributed by atoms with Crippen LogP contribution in [0, 0.1) is 18.3 Å². The number of rotatable bonds is 4. The SMILES string of the molecule is CSC1(CNc2ccc(C)cc2C#N)CCC1. The molecular formula is C14H18N2S. The van der Waals surface area contributed by atoms with Crippen LogP contribution in [0.1, 0.15) is 30.4 Å². The number of thioether (sulfide) groups is 1. The second-order valence-corrected chi connectivity index (χ2v) is 6.03. The summed E-state index contributed by atoms with van der Waals surface area (Å²) >= 11 is 1.95. The average Bonchev–Trinajstić information content (AvgIpc) is 2.29. The van der Waals surface area contributed by atoms with Crippen molar-refractivity contribution in [1.29, 1.82) is 5.26 Å². The molecule has 0 amide bonds. The van der Waals surface area contributed by atoms with Crippen molar-refractivity contribution >= 4 is 17.4 Å². The smallest absolute Gasteiger partial charge is 0.101 e. The number of nitrogens with one attached hydrogen (secondary N) is 1. The van der Waals surface area contributed by atoms with Crippen LogP contribution in [0.4, 0.5) is 5.69 Å². The monoisotopic (exact) mass is 246 g/mol. The van der Waals surface area contributed by atoms with Crippen LogP contribution >= 0.6 is 11.8 Å². The maximum atomic E-state index is 9.11. The molecule has 1 aliphatic carbocycles. The van der Waals surface area contributed by atoms with Gasteiger partial charge in [0.2, 0.25) is 0 Å². The van der Waals surface area contributed by atoms with Gasteiger partial charge in [-0.25, -0.2) is 0 Å². The predicted molar refractivity (Wildman–Crippen MR) is 74.5 cm³/mol. The Labute approximate surface area is 107 Å². The molecular weight excluding hydrogens is 228 g/mol. The van der Waals surface area contributed by atoms with Crippen molar-refractivity contribution in [2.24, 2.45) is 0 Å². The van der Waals surface area contributed by atoms with Gasteiger partial charge < -0.3 is 5.32 Å². The molecule has 0 aromatic heterocycles. The molecule has 90 valence electrons. The Kier molecular flexibility index (Phi) is 3.63. The van der Waals surface area contributed by atoms with Gasteiger partial charge in [-0.15, -0.1) is 0 Å². The zero-order valence-corrected chi connectivity index (χ0v) is 11.2. The molecule has 0 aliphatic heterocycles. The molecule has 0 unspecified atom stereocenters. The van der Waals surface area contributed by atoms with Crippen molar-refractivity contribution in [2.45, 2.75) is 30.9 Å². The lowest BCUT2D eigenvalue weighted by Crippen LogP contribution is -2.40. The summed E-state index contributed by atoms with van der Waals surface area (Å²) in [4.78, 5) is 0. The highest BCUT2D eigenvalue weighted by Gasteiger charge is 2.35. The fourth-order valence-electron chi connectivity index (χ4n) is 2.19. The first-order valence-corrected chi connectivity index (χ1v) is 7.21. The van der Waals surface area contributed by atoms with E-state index in [9.17, 15) is 0 Å². The summed E-state index contributed by atoms with van der Waals surface area (Å²) in [5, 5.41) is 12.5. The Balaban J connectivity index is 2.06. The molecule has 0 spiro atoms. The summed E-state index contributed by atoms with van der Waals surface area (Å²) in [7, 11) is 0. The van der Waals surface area contributed by atoms with Gasteiger partial charge >= 0.3 is 0 Å². The van der Waals surface area contributed by atoms with E-state index in [4.69, 9.17) is 5.26 Å². The fraction of sp³-hybridized carbons (Fsp3) is 0.500. The van der Waals surface area contributed by atoms with Gasteiger partial charge in [-0.2, -0.15) is 17.0 Å². The van der Waals surface area contributed by atoms with E-state index >= 15 is 0 Å². The summed E-state index contributed by atoms with van der Waals surface area (Å²) in [6.07, 6.45) is 6.09. The molecule has 1 aromatic rings. The van der Waals surface area contributed by atoms with Crippen molar-refractivity contribution in [2.75, 3.05) is 18.1 Å². The Hall–Kier alpha value is -1.14. The summed E-state index contributed by atoms with van der Waals surface area (Å²) in [6, 6.07) is 8.26. The lowest BCUT2D eigenvalue weighted by atomic mass is 9.84. The van der Waals surface area contributed by atoms with Crippen molar-refractivity contribution in [1.82, 2.24) is 0 Å². The third kappa shape index (κ3) is 2.58. The standard InChI is InChI=1S/C14H18N2S/c1-11-4-5-13(12(8-11)9-15)16-10-14(17-2)6-3-7-14/h4-5,8,16H,3,6-7,10H2,1-2H3. The van der Waals surface area contributed by atoms with Crippen LogP contribution in [0.15, 0.2) is 18.2 Å². The van der Waals surface area contributed by atoms with E-state index in [1.165, 1.54) is 19.3 Å². The van der Waals surface area contributed by atoms with Crippen LogP contribution in [-0.4, -0.2) is 17.5 Å². The number of nitriles is 1. The minimum absolute atomic E-state index is 0.400. The number of benzene rings is 1. The third-order valence-electron chi connectivity index (χ3n) is 3.59. The maximum absolute atomic E-state index is 9.11. The van der Waals surface area contributed by atoms with Gasteiger partial charge in [0.15, 0.2) is 0 Å². The highest BCUT2D eigenvalue weighted by molar-refractivity contribution is 8.00. The highest BCUT2D eigenvalue weighted by Crippen LogP contribution is 2.42.